The number of fused-ring (bicyclic) bond motifs is 1. The van der Waals surface area contributed by atoms with E-state index < -0.39 is 18.0 Å². The van der Waals surface area contributed by atoms with Gasteiger partial charge in [-0.2, -0.15) is 0 Å². The summed E-state index contributed by atoms with van der Waals surface area (Å²) in [5, 5.41) is 9.69. The molecule has 124 valence electrons. The molecule has 3 aromatic rings. The van der Waals surface area contributed by atoms with Crippen molar-refractivity contribution in [3.63, 3.8) is 0 Å². The van der Waals surface area contributed by atoms with E-state index in [-0.39, 0.29) is 5.02 Å². The molecule has 0 aliphatic rings. The second-order valence-electron chi connectivity index (χ2n) is 5.23. The molecule has 7 heteroatoms. The van der Waals surface area contributed by atoms with E-state index in [2.05, 4.69) is 0 Å². The van der Waals surface area contributed by atoms with Crippen molar-refractivity contribution >= 4 is 28.4 Å². The molecule has 0 saturated heterocycles. The third-order valence-corrected chi connectivity index (χ3v) is 3.98. The minimum absolute atomic E-state index is 0.0288. The fourth-order valence-electron chi connectivity index (χ4n) is 2.48. The molecule has 3 rings (SSSR count). The first-order valence-corrected chi connectivity index (χ1v) is 7.54. The molecule has 5 nitrogen and oxygen atoms in total. The summed E-state index contributed by atoms with van der Waals surface area (Å²) < 4.78 is 21.1. The number of carbonyl (C=O) groups is 1. The molecule has 1 heterocycles. The van der Waals surface area contributed by atoms with Crippen molar-refractivity contribution in [1.29, 1.82) is 0 Å². The summed E-state index contributed by atoms with van der Waals surface area (Å²) in [7, 11) is 0. The Morgan fingerprint density at radius 3 is 2.79 bits per heavy atom. The van der Waals surface area contributed by atoms with E-state index in [1.165, 1.54) is 12.1 Å². The van der Waals surface area contributed by atoms with Crippen LogP contribution in [0.25, 0.3) is 10.9 Å². The SMILES string of the molecule is CC(Oc1ccc(Cl)c(F)c1)n1ccc2ccc(C(=O)NO)cc21. The highest BCUT2D eigenvalue weighted by Gasteiger charge is 2.13. The molecule has 0 radical (unpaired) electrons. The number of nitrogens with zero attached hydrogens (tertiary/aromatic N) is 1. The zero-order valence-corrected chi connectivity index (χ0v) is 13.4. The molecule has 0 saturated carbocycles. The molecule has 0 spiro atoms. The van der Waals surface area contributed by atoms with Gasteiger partial charge in [0.25, 0.3) is 5.91 Å². The van der Waals surface area contributed by atoms with Crippen LogP contribution in [0.4, 0.5) is 4.39 Å². The van der Waals surface area contributed by atoms with Crippen LogP contribution in [-0.4, -0.2) is 15.7 Å². The maximum atomic E-state index is 13.5. The van der Waals surface area contributed by atoms with Crippen molar-refractivity contribution in [2.45, 2.75) is 13.2 Å². The molecule has 1 unspecified atom stereocenters. The first kappa shape index (κ1) is 16.3. The van der Waals surface area contributed by atoms with Gasteiger partial charge < -0.3 is 9.30 Å². The third-order valence-electron chi connectivity index (χ3n) is 3.68. The molecule has 2 N–H and O–H groups in total. The van der Waals surface area contributed by atoms with E-state index in [4.69, 9.17) is 21.5 Å². The zero-order chi connectivity index (χ0) is 17.3. The van der Waals surface area contributed by atoms with Crippen LogP contribution in [0, 0.1) is 5.82 Å². The fraction of sp³-hybridized carbons (Fsp3) is 0.118. The summed E-state index contributed by atoms with van der Waals surface area (Å²) in [6.45, 7) is 1.80. The predicted octanol–water partition coefficient (Wildman–Crippen LogP) is 4.15. The third kappa shape index (κ3) is 3.06. The quantitative estimate of drug-likeness (QED) is 0.550. The van der Waals surface area contributed by atoms with Gasteiger partial charge >= 0.3 is 0 Å². The van der Waals surface area contributed by atoms with Gasteiger partial charge in [0.15, 0.2) is 6.23 Å². The highest BCUT2D eigenvalue weighted by molar-refractivity contribution is 6.30. The molecular formula is C17H14ClFN2O3. The Morgan fingerprint density at radius 1 is 1.29 bits per heavy atom. The lowest BCUT2D eigenvalue weighted by molar-refractivity contribution is 0.0706. The van der Waals surface area contributed by atoms with Gasteiger partial charge in [-0.25, -0.2) is 9.87 Å². The topological polar surface area (TPSA) is 63.5 Å². The Kier molecular flexibility index (Phi) is 4.42. The van der Waals surface area contributed by atoms with E-state index in [1.54, 1.807) is 41.2 Å². The summed E-state index contributed by atoms with van der Waals surface area (Å²) in [4.78, 5) is 11.6. The van der Waals surface area contributed by atoms with Crippen LogP contribution in [0.3, 0.4) is 0 Å². The predicted molar refractivity (Wildman–Crippen MR) is 87.9 cm³/mol. The number of benzene rings is 2. The Balaban J connectivity index is 1.92. The maximum absolute atomic E-state index is 13.5. The van der Waals surface area contributed by atoms with Crippen molar-refractivity contribution < 1.29 is 19.1 Å². The number of hydrogen-bond donors (Lipinski definition) is 2. The number of rotatable bonds is 4. The monoisotopic (exact) mass is 348 g/mol. The van der Waals surface area contributed by atoms with Gasteiger partial charge in [0.1, 0.15) is 11.6 Å². The van der Waals surface area contributed by atoms with Crippen molar-refractivity contribution in [2.75, 3.05) is 0 Å². The molecular weight excluding hydrogens is 335 g/mol. The van der Waals surface area contributed by atoms with Gasteiger partial charge in [0, 0.05) is 17.8 Å². The normalized spacial score (nSPS) is 12.2. The molecule has 0 bridgehead atoms. The van der Waals surface area contributed by atoms with Crippen LogP contribution in [0.1, 0.15) is 23.5 Å². The van der Waals surface area contributed by atoms with E-state index in [9.17, 15) is 9.18 Å². The van der Waals surface area contributed by atoms with Crippen molar-refractivity contribution in [2.24, 2.45) is 0 Å². The summed E-state index contributed by atoms with van der Waals surface area (Å²) in [5.74, 6) is -0.811. The van der Waals surface area contributed by atoms with Crippen LogP contribution < -0.4 is 10.2 Å². The van der Waals surface area contributed by atoms with Gasteiger partial charge in [-0.1, -0.05) is 17.7 Å². The van der Waals surface area contributed by atoms with Crippen LogP contribution in [-0.2, 0) is 0 Å². The lowest BCUT2D eigenvalue weighted by atomic mass is 10.1. The molecule has 0 fully saturated rings. The second-order valence-corrected chi connectivity index (χ2v) is 5.64. The van der Waals surface area contributed by atoms with Crippen LogP contribution in [0.15, 0.2) is 48.7 Å². The number of hydrogen-bond acceptors (Lipinski definition) is 3. The van der Waals surface area contributed by atoms with Crippen molar-refractivity contribution in [1.82, 2.24) is 10.0 Å². The van der Waals surface area contributed by atoms with Gasteiger partial charge in [-0.05, 0) is 42.6 Å². The van der Waals surface area contributed by atoms with Gasteiger partial charge in [0.05, 0.1) is 10.5 Å². The molecule has 0 aliphatic carbocycles. The van der Waals surface area contributed by atoms with E-state index in [0.29, 0.717) is 11.3 Å². The summed E-state index contributed by atoms with van der Waals surface area (Å²) in [5.41, 5.74) is 2.67. The molecule has 1 aromatic heterocycles. The Bertz CT molecular complexity index is 910. The number of nitrogens with one attached hydrogen (secondary N) is 1. The van der Waals surface area contributed by atoms with Gasteiger partial charge in [-0.3, -0.25) is 10.0 Å². The number of aromatic nitrogens is 1. The smallest absolute Gasteiger partial charge is 0.274 e. The minimum atomic E-state index is -0.599. The number of halogens is 2. The Hall–Kier alpha value is -2.57. The number of amides is 1. The first-order chi connectivity index (χ1) is 11.5. The fourth-order valence-corrected chi connectivity index (χ4v) is 2.59. The average Bonchev–Trinajstić information content (AvgIpc) is 3.00. The molecule has 24 heavy (non-hydrogen) atoms. The maximum Gasteiger partial charge on any atom is 0.274 e. The molecule has 1 amide bonds. The van der Waals surface area contributed by atoms with Crippen molar-refractivity contribution in [3.05, 3.63) is 65.1 Å². The number of hydroxylamine groups is 1. The Morgan fingerprint density at radius 2 is 2.08 bits per heavy atom. The summed E-state index contributed by atoms with van der Waals surface area (Å²) in [6.07, 6.45) is 1.36. The largest absolute Gasteiger partial charge is 0.470 e. The molecule has 2 aromatic carbocycles. The number of carbonyl (C=O) groups excluding carboxylic acids is 1. The molecule has 0 aliphatic heterocycles. The lowest BCUT2D eigenvalue weighted by Crippen LogP contribution is -2.18. The highest BCUT2D eigenvalue weighted by Crippen LogP contribution is 2.26. The average molecular weight is 349 g/mol. The van der Waals surface area contributed by atoms with E-state index in [1.807, 2.05) is 12.3 Å². The summed E-state index contributed by atoms with van der Waals surface area (Å²) >= 11 is 5.66. The minimum Gasteiger partial charge on any atom is -0.470 e. The molecule has 1 atom stereocenters. The first-order valence-electron chi connectivity index (χ1n) is 7.16. The standard InChI is InChI=1S/C17H14ClFN2O3/c1-10(24-13-4-5-14(18)15(19)9-13)21-7-6-11-2-3-12(8-16(11)21)17(22)20-23/h2-10,23H,1H3,(H,20,22). The zero-order valence-electron chi connectivity index (χ0n) is 12.7. The van der Waals surface area contributed by atoms with Crippen LogP contribution in [0.5, 0.6) is 5.75 Å². The van der Waals surface area contributed by atoms with Crippen LogP contribution in [0.2, 0.25) is 5.02 Å². The van der Waals surface area contributed by atoms with Crippen LogP contribution >= 0.6 is 11.6 Å². The lowest BCUT2D eigenvalue weighted by Gasteiger charge is -2.18. The van der Waals surface area contributed by atoms with E-state index in [0.717, 1.165) is 10.9 Å². The van der Waals surface area contributed by atoms with E-state index >= 15 is 0 Å². The highest BCUT2D eigenvalue weighted by atomic mass is 35.5. The van der Waals surface area contributed by atoms with Gasteiger partial charge in [-0.15, -0.1) is 0 Å². The second kappa shape index (κ2) is 6.51. The van der Waals surface area contributed by atoms with Crippen molar-refractivity contribution in [3.8, 4) is 5.75 Å². The number of ether oxygens (including phenoxy) is 1. The summed E-state index contributed by atoms with van der Waals surface area (Å²) in [6, 6.07) is 11.1. The van der Waals surface area contributed by atoms with Gasteiger partial charge in [0.2, 0.25) is 0 Å². The Labute approximate surface area is 142 Å².